The molecule has 0 nitrogen and oxygen atoms in total. The highest BCUT2D eigenvalue weighted by atomic mass is 79.9. The SMILES string of the molecule is C[Si](C)(C)c1cccc(C#CCCBr)c1. The molecule has 0 heterocycles. The summed E-state index contributed by atoms with van der Waals surface area (Å²) in [5.74, 6) is 6.35. The molecule has 0 aliphatic heterocycles. The fourth-order valence-electron chi connectivity index (χ4n) is 1.28. The Hall–Kier alpha value is -0.523. The number of rotatable bonds is 2. The van der Waals surface area contributed by atoms with Crippen LogP contribution in [-0.2, 0) is 0 Å². The third-order valence-corrected chi connectivity index (χ3v) is 4.62. The van der Waals surface area contributed by atoms with Crippen LogP contribution in [0.3, 0.4) is 0 Å². The monoisotopic (exact) mass is 280 g/mol. The van der Waals surface area contributed by atoms with Crippen molar-refractivity contribution in [1.29, 1.82) is 0 Å². The number of benzene rings is 1. The average Bonchev–Trinajstić information content (AvgIpc) is 2.17. The predicted octanol–water partition coefficient (Wildman–Crippen LogP) is 3.37. The standard InChI is InChI=1S/C13H17BrSi/c1-15(2,3)13-9-6-8-12(11-13)7-4-5-10-14/h6,8-9,11H,5,10H2,1-3H3. The maximum Gasteiger partial charge on any atom is 0.0776 e. The first-order valence-corrected chi connectivity index (χ1v) is 9.81. The Labute approximate surface area is 102 Å². The first-order valence-electron chi connectivity index (χ1n) is 5.19. The van der Waals surface area contributed by atoms with Crippen LogP contribution in [-0.4, -0.2) is 13.4 Å². The minimum absolute atomic E-state index is 0.914. The van der Waals surface area contributed by atoms with Crippen molar-refractivity contribution in [3.63, 3.8) is 0 Å². The first kappa shape index (κ1) is 12.5. The highest BCUT2D eigenvalue weighted by molar-refractivity contribution is 9.09. The van der Waals surface area contributed by atoms with E-state index in [2.05, 4.69) is 71.7 Å². The van der Waals surface area contributed by atoms with Crippen LogP contribution in [0.2, 0.25) is 19.6 Å². The normalized spacial score (nSPS) is 10.7. The van der Waals surface area contributed by atoms with Gasteiger partial charge in [0.15, 0.2) is 0 Å². The summed E-state index contributed by atoms with van der Waals surface area (Å²) in [5.41, 5.74) is 1.15. The first-order chi connectivity index (χ1) is 7.04. The summed E-state index contributed by atoms with van der Waals surface area (Å²) in [6.45, 7) is 7.08. The minimum atomic E-state index is -1.19. The lowest BCUT2D eigenvalue weighted by Gasteiger charge is -2.16. The van der Waals surface area contributed by atoms with E-state index in [1.807, 2.05) is 0 Å². The molecule has 0 aliphatic carbocycles. The Kier molecular flexibility index (Phi) is 4.63. The predicted molar refractivity (Wildman–Crippen MR) is 74.7 cm³/mol. The Morgan fingerprint density at radius 2 is 2.00 bits per heavy atom. The number of hydrogen-bond acceptors (Lipinski definition) is 0. The highest BCUT2D eigenvalue weighted by Gasteiger charge is 2.15. The van der Waals surface area contributed by atoms with Gasteiger partial charge in [0.1, 0.15) is 0 Å². The van der Waals surface area contributed by atoms with Gasteiger partial charge in [-0.05, 0) is 12.1 Å². The third kappa shape index (κ3) is 4.23. The van der Waals surface area contributed by atoms with Crippen LogP contribution in [0.15, 0.2) is 24.3 Å². The third-order valence-electron chi connectivity index (χ3n) is 2.18. The van der Waals surface area contributed by atoms with Crippen molar-refractivity contribution in [2.45, 2.75) is 26.1 Å². The molecule has 1 aromatic carbocycles. The van der Waals surface area contributed by atoms with E-state index in [4.69, 9.17) is 0 Å². The molecule has 0 radical (unpaired) electrons. The van der Waals surface area contributed by atoms with Crippen LogP contribution in [0.5, 0.6) is 0 Å². The second-order valence-corrected chi connectivity index (χ2v) is 10.4. The summed E-state index contributed by atoms with van der Waals surface area (Å²) in [5, 5.41) is 2.43. The second kappa shape index (κ2) is 5.53. The second-order valence-electron chi connectivity index (χ2n) is 4.57. The van der Waals surface area contributed by atoms with Gasteiger partial charge in [-0.25, -0.2) is 0 Å². The smallest absolute Gasteiger partial charge is 0.0776 e. The van der Waals surface area contributed by atoms with Crippen molar-refractivity contribution in [1.82, 2.24) is 0 Å². The van der Waals surface area contributed by atoms with E-state index in [1.54, 1.807) is 0 Å². The zero-order valence-electron chi connectivity index (χ0n) is 9.60. The molecule has 0 fully saturated rings. The van der Waals surface area contributed by atoms with Crippen molar-refractivity contribution in [2.75, 3.05) is 5.33 Å². The van der Waals surface area contributed by atoms with Gasteiger partial charge >= 0.3 is 0 Å². The molecule has 0 unspecified atom stereocenters. The maximum atomic E-state index is 3.37. The summed E-state index contributed by atoms with van der Waals surface area (Å²) >= 11 is 3.37. The average molecular weight is 281 g/mol. The van der Waals surface area contributed by atoms with Gasteiger partial charge in [-0.1, -0.05) is 64.7 Å². The molecule has 15 heavy (non-hydrogen) atoms. The van der Waals surface area contributed by atoms with Gasteiger partial charge < -0.3 is 0 Å². The number of alkyl halides is 1. The van der Waals surface area contributed by atoms with E-state index in [0.717, 1.165) is 17.3 Å². The summed E-state index contributed by atoms with van der Waals surface area (Å²) < 4.78 is 0. The van der Waals surface area contributed by atoms with E-state index in [9.17, 15) is 0 Å². The zero-order valence-corrected chi connectivity index (χ0v) is 12.2. The van der Waals surface area contributed by atoms with Gasteiger partial charge in [-0.2, -0.15) is 0 Å². The molecule has 1 aromatic rings. The van der Waals surface area contributed by atoms with E-state index < -0.39 is 8.07 Å². The quantitative estimate of drug-likeness (QED) is 0.443. The molecule has 0 atom stereocenters. The van der Waals surface area contributed by atoms with Crippen LogP contribution in [0.4, 0.5) is 0 Å². The maximum absolute atomic E-state index is 3.37. The summed E-state index contributed by atoms with van der Waals surface area (Å²) in [7, 11) is -1.19. The van der Waals surface area contributed by atoms with Crippen LogP contribution >= 0.6 is 15.9 Å². The Balaban J connectivity index is 2.90. The van der Waals surface area contributed by atoms with Crippen molar-refractivity contribution in [3.8, 4) is 11.8 Å². The van der Waals surface area contributed by atoms with Gasteiger partial charge in [0.05, 0.1) is 8.07 Å². The summed E-state index contributed by atoms with van der Waals surface area (Å²) in [6.07, 6.45) is 0.914. The molecule has 0 saturated carbocycles. The molecular formula is C13H17BrSi. The minimum Gasteiger partial charge on any atom is -0.0970 e. The molecule has 0 N–H and O–H groups in total. The van der Waals surface area contributed by atoms with Crippen molar-refractivity contribution < 1.29 is 0 Å². The van der Waals surface area contributed by atoms with E-state index in [-0.39, 0.29) is 0 Å². The van der Waals surface area contributed by atoms with Crippen LogP contribution in [0.1, 0.15) is 12.0 Å². The Morgan fingerprint density at radius 3 is 2.60 bits per heavy atom. The van der Waals surface area contributed by atoms with E-state index >= 15 is 0 Å². The van der Waals surface area contributed by atoms with Crippen LogP contribution in [0, 0.1) is 11.8 Å². The van der Waals surface area contributed by atoms with Gasteiger partial charge in [0.25, 0.3) is 0 Å². The van der Waals surface area contributed by atoms with E-state index in [1.165, 1.54) is 5.19 Å². The molecule has 0 amide bonds. The van der Waals surface area contributed by atoms with Gasteiger partial charge in [-0.3, -0.25) is 0 Å². The van der Waals surface area contributed by atoms with E-state index in [0.29, 0.717) is 0 Å². The van der Waals surface area contributed by atoms with Crippen molar-refractivity contribution in [3.05, 3.63) is 29.8 Å². The summed E-state index contributed by atoms with van der Waals surface area (Å²) in [6, 6.07) is 8.67. The van der Waals surface area contributed by atoms with Crippen molar-refractivity contribution >= 4 is 29.2 Å². The molecule has 0 bridgehead atoms. The topological polar surface area (TPSA) is 0 Å². The highest BCUT2D eigenvalue weighted by Crippen LogP contribution is 2.04. The fraction of sp³-hybridized carbons (Fsp3) is 0.385. The lowest BCUT2D eigenvalue weighted by atomic mass is 10.2. The van der Waals surface area contributed by atoms with Crippen molar-refractivity contribution in [2.24, 2.45) is 0 Å². The van der Waals surface area contributed by atoms with Gasteiger partial charge in [-0.15, -0.1) is 0 Å². The lowest BCUT2D eigenvalue weighted by Crippen LogP contribution is -2.37. The molecule has 0 aromatic heterocycles. The molecule has 80 valence electrons. The van der Waals surface area contributed by atoms with Gasteiger partial charge in [0, 0.05) is 17.3 Å². The number of halogens is 1. The largest absolute Gasteiger partial charge is 0.0970 e. The Bertz CT molecular complexity index is 380. The molecule has 0 saturated heterocycles. The molecule has 1 rings (SSSR count). The molecule has 0 spiro atoms. The molecule has 0 aliphatic rings. The van der Waals surface area contributed by atoms with Crippen LogP contribution in [0.25, 0.3) is 0 Å². The summed E-state index contributed by atoms with van der Waals surface area (Å²) in [4.78, 5) is 0. The molecule has 2 heteroatoms. The van der Waals surface area contributed by atoms with Crippen LogP contribution < -0.4 is 5.19 Å². The fourth-order valence-corrected chi connectivity index (χ4v) is 2.66. The zero-order chi connectivity index (χ0) is 11.3. The van der Waals surface area contributed by atoms with Gasteiger partial charge in [0.2, 0.25) is 0 Å². The lowest BCUT2D eigenvalue weighted by molar-refractivity contribution is 1.32. The Morgan fingerprint density at radius 1 is 1.27 bits per heavy atom. The number of hydrogen-bond donors (Lipinski definition) is 0. The molecular weight excluding hydrogens is 264 g/mol.